The van der Waals surface area contributed by atoms with Crippen LogP contribution < -0.4 is 11.1 Å². The molecule has 0 aromatic heterocycles. The summed E-state index contributed by atoms with van der Waals surface area (Å²) in [5, 5.41) is 2.58. The highest BCUT2D eigenvalue weighted by atomic mass is 16.5. The zero-order valence-electron chi connectivity index (χ0n) is 12.5. The molecular formula is C16H20N2O4. The van der Waals surface area contributed by atoms with Crippen molar-refractivity contribution in [3.63, 3.8) is 0 Å². The van der Waals surface area contributed by atoms with Gasteiger partial charge in [-0.2, -0.15) is 0 Å². The summed E-state index contributed by atoms with van der Waals surface area (Å²) in [4.78, 5) is 35.0. The van der Waals surface area contributed by atoms with Crippen molar-refractivity contribution in [1.82, 2.24) is 5.32 Å². The molecule has 0 bridgehead atoms. The van der Waals surface area contributed by atoms with Gasteiger partial charge in [-0.25, -0.2) is 4.79 Å². The number of amides is 2. The Hall–Kier alpha value is -2.63. The molecule has 0 fully saturated rings. The minimum absolute atomic E-state index is 0.262. The molecule has 1 rings (SSSR count). The molecule has 0 saturated heterocycles. The number of hydrogen-bond acceptors (Lipinski definition) is 4. The molecule has 118 valence electrons. The van der Waals surface area contributed by atoms with Gasteiger partial charge in [0, 0.05) is 5.56 Å². The number of nitrogens with two attached hydrogens (primary N) is 1. The number of nitrogens with one attached hydrogen (secondary N) is 1. The first-order chi connectivity index (χ1) is 10.5. The molecule has 0 heterocycles. The van der Waals surface area contributed by atoms with Crippen LogP contribution in [0.4, 0.5) is 0 Å². The Balaban J connectivity index is 2.79. The van der Waals surface area contributed by atoms with Crippen molar-refractivity contribution in [2.45, 2.75) is 25.3 Å². The summed E-state index contributed by atoms with van der Waals surface area (Å²) in [5.74, 6) is -1.60. The predicted molar refractivity (Wildman–Crippen MR) is 82.3 cm³/mol. The Bertz CT molecular complexity index is 569. The molecule has 0 aliphatic heterocycles. The van der Waals surface area contributed by atoms with Crippen LogP contribution in [0.25, 0.3) is 0 Å². The van der Waals surface area contributed by atoms with Crippen LogP contribution in [0.15, 0.2) is 36.9 Å². The van der Waals surface area contributed by atoms with E-state index in [0.29, 0.717) is 12.8 Å². The van der Waals surface area contributed by atoms with Gasteiger partial charge in [-0.3, -0.25) is 9.59 Å². The molecule has 1 aromatic carbocycles. The fraction of sp³-hybridized carbons (Fsp3) is 0.312. The molecule has 0 aliphatic rings. The van der Waals surface area contributed by atoms with Gasteiger partial charge >= 0.3 is 5.97 Å². The van der Waals surface area contributed by atoms with Crippen molar-refractivity contribution in [2.24, 2.45) is 5.73 Å². The van der Waals surface area contributed by atoms with Gasteiger partial charge in [0.25, 0.3) is 5.91 Å². The Morgan fingerprint density at radius 1 is 1.36 bits per heavy atom. The van der Waals surface area contributed by atoms with Gasteiger partial charge in [0.2, 0.25) is 5.91 Å². The van der Waals surface area contributed by atoms with E-state index >= 15 is 0 Å². The van der Waals surface area contributed by atoms with E-state index in [1.807, 2.05) is 0 Å². The number of primary amides is 1. The lowest BCUT2D eigenvalue weighted by Crippen LogP contribution is -2.44. The van der Waals surface area contributed by atoms with Crippen LogP contribution in [0.2, 0.25) is 0 Å². The van der Waals surface area contributed by atoms with E-state index in [1.165, 1.54) is 19.2 Å². The van der Waals surface area contributed by atoms with Crippen molar-refractivity contribution in [3.8, 4) is 0 Å². The van der Waals surface area contributed by atoms with Crippen LogP contribution in [0.3, 0.4) is 0 Å². The molecule has 0 unspecified atom stereocenters. The van der Waals surface area contributed by atoms with Crippen LogP contribution in [-0.4, -0.2) is 30.9 Å². The molecule has 1 aromatic rings. The molecule has 22 heavy (non-hydrogen) atoms. The Kier molecular flexibility index (Phi) is 6.82. The molecule has 3 N–H and O–H groups in total. The summed E-state index contributed by atoms with van der Waals surface area (Å²) >= 11 is 0. The lowest BCUT2D eigenvalue weighted by atomic mass is 10.1. The summed E-state index contributed by atoms with van der Waals surface area (Å²) in [5.41, 5.74) is 5.81. The van der Waals surface area contributed by atoms with Crippen LogP contribution in [0, 0.1) is 0 Å². The largest absolute Gasteiger partial charge is 0.465 e. The van der Waals surface area contributed by atoms with Crippen molar-refractivity contribution in [3.05, 3.63) is 48.0 Å². The van der Waals surface area contributed by atoms with E-state index in [2.05, 4.69) is 16.6 Å². The Morgan fingerprint density at radius 3 is 2.64 bits per heavy atom. The summed E-state index contributed by atoms with van der Waals surface area (Å²) in [6, 6.07) is 5.30. The van der Waals surface area contributed by atoms with Crippen molar-refractivity contribution >= 4 is 17.8 Å². The highest BCUT2D eigenvalue weighted by Crippen LogP contribution is 2.08. The molecular weight excluding hydrogens is 284 g/mol. The highest BCUT2D eigenvalue weighted by molar-refractivity contribution is 5.99. The standard InChI is InChI=1S/C16H20N2O4/c1-3-4-5-9-13(14(17)19)18-15(20)11-7-6-8-12(10-11)16(21)22-2/h3,6-8,10,13H,1,4-5,9H2,2H3,(H2,17,19)(H,18,20)/t13-/m1/s1. The lowest BCUT2D eigenvalue weighted by Gasteiger charge is -2.15. The quantitative estimate of drug-likeness (QED) is 0.431. The maximum Gasteiger partial charge on any atom is 0.337 e. The number of methoxy groups -OCH3 is 1. The first-order valence-electron chi connectivity index (χ1n) is 6.89. The average Bonchev–Trinajstić information content (AvgIpc) is 2.53. The van der Waals surface area contributed by atoms with Crippen molar-refractivity contribution < 1.29 is 19.1 Å². The number of carbonyl (C=O) groups excluding carboxylic acids is 3. The smallest absolute Gasteiger partial charge is 0.337 e. The molecule has 6 nitrogen and oxygen atoms in total. The SMILES string of the molecule is C=CCCC[C@@H](NC(=O)c1cccc(C(=O)OC)c1)C(N)=O. The van der Waals surface area contributed by atoms with E-state index in [-0.39, 0.29) is 11.1 Å². The minimum atomic E-state index is -0.755. The number of carbonyl (C=O) groups is 3. The van der Waals surface area contributed by atoms with Crippen molar-refractivity contribution in [1.29, 1.82) is 0 Å². The first-order valence-corrected chi connectivity index (χ1v) is 6.89. The zero-order chi connectivity index (χ0) is 16.5. The topological polar surface area (TPSA) is 98.5 Å². The minimum Gasteiger partial charge on any atom is -0.465 e. The van der Waals surface area contributed by atoms with Gasteiger partial charge in [0.1, 0.15) is 6.04 Å². The fourth-order valence-electron chi connectivity index (χ4n) is 1.90. The van der Waals surface area contributed by atoms with Crippen LogP contribution in [0.1, 0.15) is 40.0 Å². The van der Waals surface area contributed by atoms with Crippen LogP contribution in [-0.2, 0) is 9.53 Å². The summed E-state index contributed by atoms with van der Waals surface area (Å²) in [6.45, 7) is 3.60. The van der Waals surface area contributed by atoms with E-state index < -0.39 is 23.8 Å². The lowest BCUT2D eigenvalue weighted by molar-refractivity contribution is -0.120. The number of allylic oxidation sites excluding steroid dienone is 1. The van der Waals surface area contributed by atoms with Gasteiger partial charge in [-0.1, -0.05) is 12.1 Å². The average molecular weight is 304 g/mol. The first kappa shape index (κ1) is 17.4. The van der Waals surface area contributed by atoms with Crippen LogP contribution >= 0.6 is 0 Å². The second kappa shape index (κ2) is 8.61. The van der Waals surface area contributed by atoms with Gasteiger partial charge in [-0.15, -0.1) is 6.58 Å². The maximum atomic E-state index is 12.2. The molecule has 2 amide bonds. The third-order valence-corrected chi connectivity index (χ3v) is 3.10. The number of hydrogen-bond donors (Lipinski definition) is 2. The van der Waals surface area contributed by atoms with E-state index in [4.69, 9.17) is 5.73 Å². The molecule has 6 heteroatoms. The summed E-state index contributed by atoms with van der Waals surface area (Å²) in [7, 11) is 1.26. The Labute approximate surface area is 129 Å². The zero-order valence-corrected chi connectivity index (χ0v) is 12.5. The summed E-state index contributed by atoms with van der Waals surface area (Å²) in [6.07, 6.45) is 3.60. The Morgan fingerprint density at radius 2 is 2.05 bits per heavy atom. The second-order valence-corrected chi connectivity index (χ2v) is 4.72. The third-order valence-electron chi connectivity index (χ3n) is 3.10. The number of ether oxygens (including phenoxy) is 1. The van der Waals surface area contributed by atoms with Gasteiger partial charge in [0.05, 0.1) is 12.7 Å². The predicted octanol–water partition coefficient (Wildman–Crippen LogP) is 1.41. The van der Waals surface area contributed by atoms with Gasteiger partial charge in [-0.05, 0) is 37.5 Å². The molecule has 0 saturated carbocycles. The molecule has 1 atom stereocenters. The third kappa shape index (κ3) is 5.05. The monoisotopic (exact) mass is 304 g/mol. The van der Waals surface area contributed by atoms with Gasteiger partial charge < -0.3 is 15.8 Å². The molecule has 0 spiro atoms. The highest BCUT2D eigenvalue weighted by Gasteiger charge is 2.19. The number of unbranched alkanes of at least 4 members (excludes halogenated alkanes) is 1. The normalized spacial score (nSPS) is 11.3. The number of esters is 1. The number of rotatable bonds is 8. The van der Waals surface area contributed by atoms with E-state index in [9.17, 15) is 14.4 Å². The van der Waals surface area contributed by atoms with E-state index in [0.717, 1.165) is 6.42 Å². The second-order valence-electron chi connectivity index (χ2n) is 4.72. The maximum absolute atomic E-state index is 12.2. The number of benzene rings is 1. The fourth-order valence-corrected chi connectivity index (χ4v) is 1.90. The van der Waals surface area contributed by atoms with Gasteiger partial charge in [0.15, 0.2) is 0 Å². The molecule has 0 aliphatic carbocycles. The summed E-state index contributed by atoms with van der Waals surface area (Å²) < 4.78 is 4.60. The van der Waals surface area contributed by atoms with E-state index in [1.54, 1.807) is 18.2 Å². The van der Waals surface area contributed by atoms with Crippen LogP contribution in [0.5, 0.6) is 0 Å². The van der Waals surface area contributed by atoms with Crippen molar-refractivity contribution in [2.75, 3.05) is 7.11 Å². The molecule has 0 radical (unpaired) electrons.